The number of hydrogen-bond donors (Lipinski definition) is 1. The summed E-state index contributed by atoms with van der Waals surface area (Å²) in [5.41, 5.74) is 1.25. The molecule has 0 atom stereocenters. The van der Waals surface area contributed by atoms with Crippen molar-refractivity contribution < 1.29 is 9.59 Å². The second-order valence-corrected chi connectivity index (χ2v) is 6.70. The highest BCUT2D eigenvalue weighted by molar-refractivity contribution is 8.00. The SMILES string of the molecule is Cc1ccc(SCCNC(=O)CN2CSCC2=O)cc1. The minimum atomic E-state index is -0.0784. The Morgan fingerprint density at radius 2 is 2.15 bits per heavy atom. The van der Waals surface area contributed by atoms with Crippen molar-refractivity contribution in [2.24, 2.45) is 0 Å². The van der Waals surface area contributed by atoms with E-state index in [0.717, 1.165) is 5.75 Å². The first-order valence-corrected chi connectivity index (χ1v) is 8.61. The van der Waals surface area contributed by atoms with Gasteiger partial charge in [-0.25, -0.2) is 0 Å². The smallest absolute Gasteiger partial charge is 0.239 e. The van der Waals surface area contributed by atoms with Gasteiger partial charge in [0.1, 0.15) is 6.54 Å². The molecule has 0 bridgehead atoms. The Kier molecular flexibility index (Phi) is 5.79. The molecule has 1 aromatic carbocycles. The lowest BCUT2D eigenvalue weighted by atomic mass is 10.2. The molecule has 1 saturated heterocycles. The summed E-state index contributed by atoms with van der Waals surface area (Å²) in [6.45, 7) is 2.86. The predicted molar refractivity (Wildman–Crippen MR) is 84.0 cm³/mol. The molecule has 108 valence electrons. The zero-order valence-corrected chi connectivity index (χ0v) is 13.1. The van der Waals surface area contributed by atoms with Gasteiger partial charge in [0.15, 0.2) is 0 Å². The summed E-state index contributed by atoms with van der Waals surface area (Å²) < 4.78 is 0. The first-order chi connectivity index (χ1) is 9.65. The maximum Gasteiger partial charge on any atom is 0.239 e. The third-order valence-corrected chi connectivity index (χ3v) is 4.83. The summed E-state index contributed by atoms with van der Waals surface area (Å²) in [5, 5.41) is 2.85. The third-order valence-electron chi connectivity index (χ3n) is 2.87. The monoisotopic (exact) mass is 310 g/mol. The molecule has 2 rings (SSSR count). The van der Waals surface area contributed by atoms with Crippen LogP contribution >= 0.6 is 23.5 Å². The Bertz CT molecular complexity index is 477. The number of benzene rings is 1. The van der Waals surface area contributed by atoms with Crippen LogP contribution in [0.25, 0.3) is 0 Å². The van der Waals surface area contributed by atoms with Crippen molar-refractivity contribution >= 4 is 35.3 Å². The van der Waals surface area contributed by atoms with Gasteiger partial charge in [-0.3, -0.25) is 9.59 Å². The standard InChI is InChI=1S/C14H18N2O2S2/c1-11-2-4-12(5-3-11)20-7-6-15-13(17)8-16-10-19-9-14(16)18/h2-5H,6-10H2,1H3,(H,15,17). The van der Waals surface area contributed by atoms with Gasteiger partial charge >= 0.3 is 0 Å². The Morgan fingerprint density at radius 3 is 2.80 bits per heavy atom. The van der Waals surface area contributed by atoms with E-state index in [2.05, 4.69) is 36.5 Å². The molecule has 0 aliphatic carbocycles. The first kappa shape index (κ1) is 15.3. The number of thioether (sulfide) groups is 2. The predicted octanol–water partition coefficient (Wildman–Crippen LogP) is 1.74. The second-order valence-electron chi connectivity index (χ2n) is 4.58. The number of aryl methyl sites for hydroxylation is 1. The lowest BCUT2D eigenvalue weighted by Gasteiger charge is -2.14. The van der Waals surface area contributed by atoms with Crippen molar-refractivity contribution in [3.8, 4) is 0 Å². The van der Waals surface area contributed by atoms with Crippen LogP contribution in [0, 0.1) is 6.92 Å². The minimum absolute atomic E-state index is 0.0548. The van der Waals surface area contributed by atoms with E-state index in [1.54, 1.807) is 28.4 Å². The quantitative estimate of drug-likeness (QED) is 0.642. The van der Waals surface area contributed by atoms with E-state index in [-0.39, 0.29) is 18.4 Å². The summed E-state index contributed by atoms with van der Waals surface area (Å²) in [5.74, 6) is 1.93. The van der Waals surface area contributed by atoms with Gasteiger partial charge in [-0.15, -0.1) is 23.5 Å². The number of amides is 2. The van der Waals surface area contributed by atoms with Gasteiger partial charge in [-0.2, -0.15) is 0 Å². The average Bonchev–Trinajstić information content (AvgIpc) is 2.82. The number of nitrogens with zero attached hydrogens (tertiary/aromatic N) is 1. The Balaban J connectivity index is 1.62. The zero-order chi connectivity index (χ0) is 14.4. The fourth-order valence-electron chi connectivity index (χ4n) is 1.76. The average molecular weight is 310 g/mol. The van der Waals surface area contributed by atoms with E-state index in [4.69, 9.17) is 0 Å². The molecule has 1 fully saturated rings. The van der Waals surface area contributed by atoms with Crippen molar-refractivity contribution in [1.29, 1.82) is 0 Å². The molecule has 0 radical (unpaired) electrons. The van der Waals surface area contributed by atoms with Crippen molar-refractivity contribution in [2.45, 2.75) is 11.8 Å². The maximum absolute atomic E-state index is 11.7. The van der Waals surface area contributed by atoms with E-state index >= 15 is 0 Å². The van der Waals surface area contributed by atoms with Crippen molar-refractivity contribution in [3.05, 3.63) is 29.8 Å². The molecule has 1 aromatic rings. The molecule has 20 heavy (non-hydrogen) atoms. The molecule has 4 nitrogen and oxygen atoms in total. The summed E-state index contributed by atoms with van der Waals surface area (Å²) in [7, 11) is 0. The first-order valence-electron chi connectivity index (χ1n) is 6.47. The molecular formula is C14H18N2O2S2. The van der Waals surface area contributed by atoms with Gasteiger partial charge in [0.2, 0.25) is 11.8 Å². The molecule has 0 spiro atoms. The molecule has 1 aliphatic heterocycles. The summed E-state index contributed by atoms with van der Waals surface area (Å²) in [6, 6.07) is 8.33. The number of carbonyl (C=O) groups excluding carboxylic acids is 2. The lowest BCUT2D eigenvalue weighted by molar-refractivity contribution is -0.132. The molecular weight excluding hydrogens is 292 g/mol. The van der Waals surface area contributed by atoms with E-state index in [1.165, 1.54) is 10.5 Å². The third kappa shape index (κ3) is 4.76. The lowest BCUT2D eigenvalue weighted by Crippen LogP contribution is -2.38. The van der Waals surface area contributed by atoms with Gasteiger partial charge in [0.05, 0.1) is 11.6 Å². The van der Waals surface area contributed by atoms with Gasteiger partial charge in [-0.1, -0.05) is 17.7 Å². The van der Waals surface area contributed by atoms with Crippen LogP contribution in [0.1, 0.15) is 5.56 Å². The Morgan fingerprint density at radius 1 is 1.40 bits per heavy atom. The van der Waals surface area contributed by atoms with Crippen LogP contribution in [-0.2, 0) is 9.59 Å². The molecule has 0 aromatic heterocycles. The molecule has 6 heteroatoms. The topological polar surface area (TPSA) is 49.4 Å². The Labute approximate surface area is 127 Å². The molecule has 2 amide bonds. The molecule has 1 heterocycles. The number of hydrogen-bond acceptors (Lipinski definition) is 4. The van der Waals surface area contributed by atoms with Crippen LogP contribution in [0.15, 0.2) is 29.2 Å². The van der Waals surface area contributed by atoms with Crippen molar-refractivity contribution in [1.82, 2.24) is 10.2 Å². The van der Waals surface area contributed by atoms with Crippen molar-refractivity contribution in [2.75, 3.05) is 30.5 Å². The maximum atomic E-state index is 11.7. The number of rotatable bonds is 6. The van der Waals surface area contributed by atoms with Crippen LogP contribution in [0.3, 0.4) is 0 Å². The van der Waals surface area contributed by atoms with Crippen LogP contribution in [0.5, 0.6) is 0 Å². The summed E-state index contributed by atoms with van der Waals surface area (Å²) in [4.78, 5) is 25.8. The van der Waals surface area contributed by atoms with Gasteiger partial charge in [0.25, 0.3) is 0 Å². The van der Waals surface area contributed by atoms with Crippen LogP contribution < -0.4 is 5.32 Å². The second kappa shape index (κ2) is 7.59. The fourth-order valence-corrected chi connectivity index (χ4v) is 3.44. The van der Waals surface area contributed by atoms with E-state index < -0.39 is 0 Å². The van der Waals surface area contributed by atoms with Gasteiger partial charge in [0, 0.05) is 17.2 Å². The van der Waals surface area contributed by atoms with Crippen molar-refractivity contribution in [3.63, 3.8) is 0 Å². The molecule has 1 N–H and O–H groups in total. The van der Waals surface area contributed by atoms with Gasteiger partial charge < -0.3 is 10.2 Å². The molecule has 1 aliphatic rings. The van der Waals surface area contributed by atoms with E-state index in [1.807, 2.05) is 0 Å². The number of carbonyl (C=O) groups is 2. The summed E-state index contributed by atoms with van der Waals surface area (Å²) >= 11 is 3.27. The highest BCUT2D eigenvalue weighted by Crippen LogP contribution is 2.17. The van der Waals surface area contributed by atoms with Crippen LogP contribution in [-0.4, -0.2) is 47.2 Å². The minimum Gasteiger partial charge on any atom is -0.354 e. The normalized spacial score (nSPS) is 14.7. The van der Waals surface area contributed by atoms with E-state index in [9.17, 15) is 9.59 Å². The Hall–Kier alpha value is -1.14. The van der Waals surface area contributed by atoms with Gasteiger partial charge in [-0.05, 0) is 19.1 Å². The van der Waals surface area contributed by atoms with E-state index in [0.29, 0.717) is 18.2 Å². The highest BCUT2D eigenvalue weighted by Gasteiger charge is 2.22. The summed E-state index contributed by atoms with van der Waals surface area (Å²) in [6.07, 6.45) is 0. The highest BCUT2D eigenvalue weighted by atomic mass is 32.2. The van der Waals surface area contributed by atoms with Crippen LogP contribution in [0.2, 0.25) is 0 Å². The largest absolute Gasteiger partial charge is 0.354 e. The fraction of sp³-hybridized carbons (Fsp3) is 0.429. The molecule has 0 unspecified atom stereocenters. The van der Waals surface area contributed by atoms with Crippen LogP contribution in [0.4, 0.5) is 0 Å². The molecule has 0 saturated carbocycles. The number of nitrogens with one attached hydrogen (secondary N) is 1. The zero-order valence-electron chi connectivity index (χ0n) is 11.4.